The Balaban J connectivity index is 1.57. The molecule has 138 valence electrons. The Labute approximate surface area is 157 Å². The van der Waals surface area contributed by atoms with Crippen LogP contribution in [0.2, 0.25) is 0 Å². The minimum atomic E-state index is -0.303. The predicted molar refractivity (Wildman–Crippen MR) is 107 cm³/mol. The third kappa shape index (κ3) is 5.18. The van der Waals surface area contributed by atoms with Crippen molar-refractivity contribution < 1.29 is 9.53 Å². The summed E-state index contributed by atoms with van der Waals surface area (Å²) < 4.78 is 5.68. The maximum Gasteiger partial charge on any atom is 0.323 e. The third-order valence-electron chi connectivity index (χ3n) is 3.85. The number of anilines is 3. The lowest BCUT2D eigenvalue weighted by Crippen LogP contribution is -2.19. The van der Waals surface area contributed by atoms with E-state index in [0.29, 0.717) is 23.1 Å². The molecule has 0 saturated carbocycles. The van der Waals surface area contributed by atoms with Crippen molar-refractivity contribution in [3.8, 4) is 11.6 Å². The molecule has 27 heavy (non-hydrogen) atoms. The maximum absolute atomic E-state index is 12.1. The van der Waals surface area contributed by atoms with Crippen LogP contribution < -0.4 is 20.7 Å². The van der Waals surface area contributed by atoms with Crippen molar-refractivity contribution in [2.75, 3.05) is 23.0 Å². The molecule has 7 nitrogen and oxygen atoms in total. The average Bonchev–Trinajstić information content (AvgIpc) is 2.70. The van der Waals surface area contributed by atoms with Gasteiger partial charge in [0.1, 0.15) is 17.9 Å². The van der Waals surface area contributed by atoms with Gasteiger partial charge in [-0.25, -0.2) is 14.8 Å². The van der Waals surface area contributed by atoms with Crippen molar-refractivity contribution in [1.82, 2.24) is 9.97 Å². The molecule has 3 N–H and O–H groups in total. The molecule has 0 aliphatic heterocycles. The summed E-state index contributed by atoms with van der Waals surface area (Å²) in [5.41, 5.74) is 2.62. The van der Waals surface area contributed by atoms with Crippen LogP contribution in [0, 0.1) is 0 Å². The van der Waals surface area contributed by atoms with Gasteiger partial charge in [0.05, 0.1) is 0 Å². The molecule has 0 unspecified atom stereocenters. The lowest BCUT2D eigenvalue weighted by molar-refractivity contribution is 0.262. The molecule has 2 amide bonds. The van der Waals surface area contributed by atoms with Crippen LogP contribution in [0.1, 0.15) is 12.5 Å². The number of carbonyl (C=O) groups excluding carboxylic acids is 1. The fraction of sp³-hybridized carbons (Fsp3) is 0.150. The highest BCUT2D eigenvalue weighted by Gasteiger charge is 2.05. The summed E-state index contributed by atoms with van der Waals surface area (Å²) in [6.45, 7) is 2.09. The number of urea groups is 1. The Morgan fingerprint density at radius 2 is 1.59 bits per heavy atom. The molecule has 0 radical (unpaired) electrons. The molecular formula is C20H21N5O2. The monoisotopic (exact) mass is 363 g/mol. The van der Waals surface area contributed by atoms with Gasteiger partial charge < -0.3 is 20.7 Å². The van der Waals surface area contributed by atoms with Crippen molar-refractivity contribution in [3.05, 3.63) is 66.5 Å². The van der Waals surface area contributed by atoms with Crippen molar-refractivity contribution in [1.29, 1.82) is 0 Å². The highest BCUT2D eigenvalue weighted by Crippen LogP contribution is 2.22. The standard InChI is InChI=1S/C20H21N5O2/c1-3-14-4-6-15(7-5-14)24-20(26)25-16-8-10-17(11-9-16)27-19-12-18(21-2)22-13-23-19/h4-13H,3H2,1-2H3,(H,21,22,23)(H2,24,25,26). The van der Waals surface area contributed by atoms with E-state index >= 15 is 0 Å². The number of nitrogens with one attached hydrogen (secondary N) is 3. The molecular weight excluding hydrogens is 342 g/mol. The van der Waals surface area contributed by atoms with Crippen LogP contribution in [0.25, 0.3) is 0 Å². The lowest BCUT2D eigenvalue weighted by Gasteiger charge is -2.09. The van der Waals surface area contributed by atoms with Crippen LogP contribution in [0.4, 0.5) is 22.0 Å². The number of hydrogen-bond donors (Lipinski definition) is 3. The summed E-state index contributed by atoms with van der Waals surface area (Å²) in [6.07, 6.45) is 2.39. The number of hydrogen-bond acceptors (Lipinski definition) is 5. The molecule has 2 aromatic carbocycles. The van der Waals surface area contributed by atoms with Crippen LogP contribution in [0.5, 0.6) is 11.6 Å². The van der Waals surface area contributed by atoms with E-state index in [1.165, 1.54) is 11.9 Å². The second-order valence-corrected chi connectivity index (χ2v) is 5.75. The van der Waals surface area contributed by atoms with E-state index in [4.69, 9.17) is 4.74 Å². The summed E-state index contributed by atoms with van der Waals surface area (Å²) in [5, 5.41) is 8.52. The number of nitrogens with zero attached hydrogens (tertiary/aromatic N) is 2. The summed E-state index contributed by atoms with van der Waals surface area (Å²) in [5.74, 6) is 1.71. The molecule has 3 rings (SSSR count). The zero-order chi connectivity index (χ0) is 19.1. The van der Waals surface area contributed by atoms with Crippen LogP contribution in [0.3, 0.4) is 0 Å². The number of amides is 2. The van der Waals surface area contributed by atoms with Gasteiger partial charge in [-0.05, 0) is 48.4 Å². The SMILES string of the molecule is CCc1ccc(NC(=O)Nc2ccc(Oc3cc(NC)ncn3)cc2)cc1. The zero-order valence-corrected chi connectivity index (χ0v) is 15.2. The van der Waals surface area contributed by atoms with E-state index in [-0.39, 0.29) is 6.03 Å². The molecule has 0 saturated heterocycles. The van der Waals surface area contributed by atoms with E-state index in [1.807, 2.05) is 24.3 Å². The van der Waals surface area contributed by atoms with Crippen LogP contribution in [-0.4, -0.2) is 23.0 Å². The normalized spacial score (nSPS) is 10.1. The van der Waals surface area contributed by atoms with Gasteiger partial charge in [0, 0.05) is 24.5 Å². The molecule has 0 aliphatic rings. The van der Waals surface area contributed by atoms with E-state index < -0.39 is 0 Å². The number of aryl methyl sites for hydroxylation is 1. The molecule has 0 atom stereocenters. The smallest absolute Gasteiger partial charge is 0.323 e. The quantitative estimate of drug-likeness (QED) is 0.599. The van der Waals surface area contributed by atoms with Crippen molar-refractivity contribution in [3.63, 3.8) is 0 Å². The largest absolute Gasteiger partial charge is 0.439 e. The Hall–Kier alpha value is -3.61. The fourth-order valence-corrected chi connectivity index (χ4v) is 2.38. The van der Waals surface area contributed by atoms with Gasteiger partial charge in [0.2, 0.25) is 5.88 Å². The molecule has 0 fully saturated rings. The van der Waals surface area contributed by atoms with E-state index in [2.05, 4.69) is 32.8 Å². The second-order valence-electron chi connectivity index (χ2n) is 5.75. The number of benzene rings is 2. The third-order valence-corrected chi connectivity index (χ3v) is 3.85. The molecule has 1 aromatic heterocycles. The van der Waals surface area contributed by atoms with E-state index in [0.717, 1.165) is 12.1 Å². The maximum atomic E-state index is 12.1. The second kappa shape index (κ2) is 8.66. The summed E-state index contributed by atoms with van der Waals surface area (Å²) in [6, 6.07) is 16.2. The first kappa shape index (κ1) is 18.2. The van der Waals surface area contributed by atoms with Gasteiger partial charge in [-0.1, -0.05) is 19.1 Å². The van der Waals surface area contributed by atoms with Gasteiger partial charge in [-0.2, -0.15) is 0 Å². The average molecular weight is 363 g/mol. The number of ether oxygens (including phenoxy) is 1. The van der Waals surface area contributed by atoms with Gasteiger partial charge >= 0.3 is 6.03 Å². The molecule has 3 aromatic rings. The Kier molecular flexibility index (Phi) is 5.84. The Bertz CT molecular complexity index is 895. The first-order valence-corrected chi connectivity index (χ1v) is 8.61. The van der Waals surface area contributed by atoms with Gasteiger partial charge in [0.15, 0.2) is 0 Å². The van der Waals surface area contributed by atoms with Crippen LogP contribution in [-0.2, 0) is 6.42 Å². The molecule has 0 aliphatic carbocycles. The Morgan fingerprint density at radius 1 is 0.963 bits per heavy atom. The Morgan fingerprint density at radius 3 is 2.19 bits per heavy atom. The molecule has 7 heteroatoms. The highest BCUT2D eigenvalue weighted by atomic mass is 16.5. The fourth-order valence-electron chi connectivity index (χ4n) is 2.38. The van der Waals surface area contributed by atoms with Crippen LogP contribution in [0.15, 0.2) is 60.9 Å². The van der Waals surface area contributed by atoms with E-state index in [9.17, 15) is 4.79 Å². The minimum absolute atomic E-state index is 0.303. The summed E-state index contributed by atoms with van der Waals surface area (Å²) in [4.78, 5) is 20.2. The summed E-state index contributed by atoms with van der Waals surface area (Å²) in [7, 11) is 1.77. The topological polar surface area (TPSA) is 88.2 Å². The number of aromatic nitrogens is 2. The van der Waals surface area contributed by atoms with E-state index in [1.54, 1.807) is 37.4 Å². The van der Waals surface area contributed by atoms with Gasteiger partial charge in [-0.15, -0.1) is 0 Å². The number of carbonyl (C=O) groups is 1. The first-order chi connectivity index (χ1) is 13.2. The lowest BCUT2D eigenvalue weighted by atomic mass is 10.1. The predicted octanol–water partition coefficient (Wildman–Crippen LogP) is 4.52. The molecule has 1 heterocycles. The zero-order valence-electron chi connectivity index (χ0n) is 15.2. The van der Waals surface area contributed by atoms with Crippen molar-refractivity contribution in [2.24, 2.45) is 0 Å². The highest BCUT2D eigenvalue weighted by molar-refractivity contribution is 5.99. The first-order valence-electron chi connectivity index (χ1n) is 8.61. The van der Waals surface area contributed by atoms with Gasteiger partial charge in [0.25, 0.3) is 0 Å². The van der Waals surface area contributed by atoms with Gasteiger partial charge in [-0.3, -0.25) is 0 Å². The molecule has 0 spiro atoms. The van der Waals surface area contributed by atoms with Crippen LogP contribution >= 0.6 is 0 Å². The number of rotatable bonds is 6. The minimum Gasteiger partial charge on any atom is -0.439 e. The summed E-state index contributed by atoms with van der Waals surface area (Å²) >= 11 is 0. The van der Waals surface area contributed by atoms with Crippen molar-refractivity contribution in [2.45, 2.75) is 13.3 Å². The van der Waals surface area contributed by atoms with Crippen molar-refractivity contribution >= 4 is 23.2 Å². The molecule has 0 bridgehead atoms.